The van der Waals surface area contributed by atoms with Crippen molar-refractivity contribution in [3.63, 3.8) is 0 Å². The van der Waals surface area contributed by atoms with Gasteiger partial charge in [-0.05, 0) is 42.1 Å². The van der Waals surface area contributed by atoms with Gasteiger partial charge in [0.2, 0.25) is 0 Å². The first kappa shape index (κ1) is 19.4. The number of fused-ring (bicyclic) bond motifs is 1. The number of aromatic nitrogens is 2. The van der Waals surface area contributed by atoms with E-state index in [-0.39, 0.29) is 0 Å². The molecule has 0 spiro atoms. The van der Waals surface area contributed by atoms with Crippen LogP contribution in [0.3, 0.4) is 0 Å². The van der Waals surface area contributed by atoms with Crippen molar-refractivity contribution in [2.45, 2.75) is 32.4 Å². The number of benzene rings is 1. The van der Waals surface area contributed by atoms with Crippen LogP contribution in [0.1, 0.15) is 0 Å². The average Bonchev–Trinajstić information content (AvgIpc) is 2.84. The molecule has 0 radical (unpaired) electrons. The molecule has 0 aliphatic heterocycles. The molecule has 0 amide bonds. The van der Waals surface area contributed by atoms with Gasteiger partial charge >= 0.3 is 0 Å². The summed E-state index contributed by atoms with van der Waals surface area (Å²) in [6.45, 7) is 9.95. The molecule has 134 valence electrons. The number of hydrogen-bond acceptors (Lipinski definition) is 4. The number of imidazole rings is 1. The predicted octanol–water partition coefficient (Wildman–Crippen LogP) is 4.05. The second-order valence-corrected chi connectivity index (χ2v) is 14.0. The Morgan fingerprint density at radius 1 is 1.21 bits per heavy atom. The molecule has 0 atom stereocenters. The topological polar surface area (TPSA) is 39.5 Å². The molecule has 0 aliphatic rings. The van der Waals surface area contributed by atoms with Crippen LogP contribution in [0.25, 0.3) is 11.0 Å². The van der Waals surface area contributed by atoms with E-state index >= 15 is 0 Å². The predicted molar refractivity (Wildman–Crippen MR) is 106 cm³/mol. The molecule has 0 unspecified atom stereocenters. The Balaban J connectivity index is 2.00. The largest absolute Gasteiger partial charge is 0.491 e. The van der Waals surface area contributed by atoms with Gasteiger partial charge in [-0.1, -0.05) is 19.6 Å². The van der Waals surface area contributed by atoms with Gasteiger partial charge in [-0.3, -0.25) is 0 Å². The Hall–Kier alpha value is -0.893. The first-order valence-electron chi connectivity index (χ1n) is 8.26. The Morgan fingerprint density at radius 3 is 2.62 bits per heavy atom. The highest BCUT2D eigenvalue weighted by Gasteiger charge is 2.13. The lowest BCUT2D eigenvalue weighted by Crippen LogP contribution is -2.21. The van der Waals surface area contributed by atoms with Gasteiger partial charge in [0.25, 0.3) is 0 Å². The number of nitrogens with zero attached hydrogens (tertiary/aromatic N) is 3. The summed E-state index contributed by atoms with van der Waals surface area (Å²) in [6.07, 6.45) is 1.83. The third kappa shape index (κ3) is 5.88. The molecule has 7 heteroatoms. The van der Waals surface area contributed by atoms with Crippen LogP contribution in [-0.2, 0) is 11.5 Å². The van der Waals surface area contributed by atoms with Crippen molar-refractivity contribution in [1.29, 1.82) is 0 Å². The number of rotatable bonds is 9. The van der Waals surface area contributed by atoms with Crippen molar-refractivity contribution < 1.29 is 9.47 Å². The van der Waals surface area contributed by atoms with Gasteiger partial charge < -0.3 is 18.9 Å². The van der Waals surface area contributed by atoms with Crippen LogP contribution >= 0.6 is 15.9 Å². The summed E-state index contributed by atoms with van der Waals surface area (Å²) in [4.78, 5) is 6.57. The van der Waals surface area contributed by atoms with Crippen molar-refractivity contribution in [2.24, 2.45) is 0 Å². The molecule has 0 bridgehead atoms. The summed E-state index contributed by atoms with van der Waals surface area (Å²) in [5, 5.41) is 0. The van der Waals surface area contributed by atoms with Crippen LogP contribution in [0.4, 0.5) is 0 Å². The summed E-state index contributed by atoms with van der Waals surface area (Å²) in [6, 6.07) is 5.20. The van der Waals surface area contributed by atoms with Crippen molar-refractivity contribution in [1.82, 2.24) is 14.5 Å². The van der Waals surface area contributed by atoms with E-state index in [1.165, 1.54) is 6.04 Å². The molecule has 0 saturated carbocycles. The monoisotopic (exact) mass is 413 g/mol. The van der Waals surface area contributed by atoms with Crippen molar-refractivity contribution >= 4 is 35.0 Å². The maximum absolute atomic E-state index is 5.84. The highest BCUT2D eigenvalue weighted by molar-refractivity contribution is 9.10. The second kappa shape index (κ2) is 8.47. The van der Waals surface area contributed by atoms with E-state index in [0.717, 1.165) is 34.4 Å². The Morgan fingerprint density at radius 2 is 1.96 bits per heavy atom. The lowest BCUT2D eigenvalue weighted by molar-refractivity contribution is 0.0898. The van der Waals surface area contributed by atoms with E-state index < -0.39 is 8.07 Å². The van der Waals surface area contributed by atoms with Crippen LogP contribution in [0, 0.1) is 0 Å². The normalized spacial score (nSPS) is 12.3. The van der Waals surface area contributed by atoms with E-state index in [2.05, 4.69) is 51.5 Å². The zero-order chi connectivity index (χ0) is 17.7. The lowest BCUT2D eigenvalue weighted by atomic mass is 10.3. The first-order valence-corrected chi connectivity index (χ1v) is 12.8. The number of hydrogen-bond donors (Lipinski definition) is 0. The van der Waals surface area contributed by atoms with Crippen molar-refractivity contribution in [3.05, 3.63) is 22.9 Å². The summed E-state index contributed by atoms with van der Waals surface area (Å²) < 4.78 is 14.6. The van der Waals surface area contributed by atoms with Crippen LogP contribution in [0.5, 0.6) is 5.75 Å². The highest BCUT2D eigenvalue weighted by atomic mass is 79.9. The molecule has 1 heterocycles. The average molecular weight is 414 g/mol. The maximum Gasteiger partial charge on any atom is 0.135 e. The minimum Gasteiger partial charge on any atom is -0.491 e. The Bertz CT molecular complexity index is 668. The van der Waals surface area contributed by atoms with Gasteiger partial charge in [-0.15, -0.1) is 0 Å². The van der Waals surface area contributed by atoms with E-state index in [9.17, 15) is 0 Å². The summed E-state index contributed by atoms with van der Waals surface area (Å²) in [5.41, 5.74) is 1.97. The summed E-state index contributed by atoms with van der Waals surface area (Å²) in [5.74, 6) is 0.828. The van der Waals surface area contributed by atoms with Gasteiger partial charge in [-0.25, -0.2) is 4.98 Å². The van der Waals surface area contributed by atoms with Gasteiger partial charge in [0.05, 0.1) is 21.8 Å². The molecule has 0 saturated heterocycles. The van der Waals surface area contributed by atoms with Crippen LogP contribution in [-0.4, -0.2) is 56.4 Å². The molecule has 5 nitrogen and oxygen atoms in total. The number of ether oxygens (including phenoxy) is 2. The maximum atomic E-state index is 5.84. The minimum atomic E-state index is -1.05. The van der Waals surface area contributed by atoms with Gasteiger partial charge in [0.15, 0.2) is 0 Å². The molecule has 0 aliphatic carbocycles. The molecule has 1 aromatic heterocycles. The Kier molecular flexibility index (Phi) is 6.85. The fraction of sp³-hybridized carbons (Fsp3) is 0.588. The van der Waals surface area contributed by atoms with Gasteiger partial charge in [-0.2, -0.15) is 0 Å². The highest BCUT2D eigenvalue weighted by Crippen LogP contribution is 2.30. The zero-order valence-corrected chi connectivity index (χ0v) is 17.9. The third-order valence-corrected chi connectivity index (χ3v) is 6.02. The smallest absolute Gasteiger partial charge is 0.135 e. The quantitative estimate of drug-likeness (QED) is 0.459. The Labute approximate surface area is 154 Å². The third-order valence-electron chi connectivity index (χ3n) is 3.70. The van der Waals surface area contributed by atoms with Crippen LogP contribution < -0.4 is 4.74 Å². The SMILES string of the molecule is CN(C)CCOc1cc2ncn(COCC[Si](C)(C)C)c2cc1Br. The molecule has 0 N–H and O–H groups in total. The second-order valence-electron chi connectivity index (χ2n) is 7.49. The van der Waals surface area contributed by atoms with E-state index in [1.807, 2.05) is 31.1 Å². The fourth-order valence-corrected chi connectivity index (χ4v) is 3.36. The van der Waals surface area contributed by atoms with Crippen LogP contribution in [0.2, 0.25) is 25.7 Å². The van der Waals surface area contributed by atoms with Crippen molar-refractivity contribution in [3.8, 4) is 5.75 Å². The van der Waals surface area contributed by atoms with Gasteiger partial charge in [0, 0.05) is 27.3 Å². The lowest BCUT2D eigenvalue weighted by Gasteiger charge is -2.15. The number of halogens is 1. The molecule has 0 fully saturated rings. The van der Waals surface area contributed by atoms with E-state index in [1.54, 1.807) is 0 Å². The minimum absolute atomic E-state index is 0.536. The first-order chi connectivity index (χ1) is 11.3. The molecule has 1 aromatic carbocycles. The van der Waals surface area contributed by atoms with E-state index in [4.69, 9.17) is 9.47 Å². The molecular weight excluding hydrogens is 386 g/mol. The molecule has 2 rings (SSSR count). The number of likely N-dealkylation sites (N-methyl/N-ethyl adjacent to an activating group) is 1. The van der Waals surface area contributed by atoms with Crippen LogP contribution in [0.15, 0.2) is 22.9 Å². The summed E-state index contributed by atoms with van der Waals surface area (Å²) >= 11 is 3.60. The molecule has 24 heavy (non-hydrogen) atoms. The molecular formula is C17H28BrN3O2Si. The van der Waals surface area contributed by atoms with E-state index in [0.29, 0.717) is 13.3 Å². The standard InChI is InChI=1S/C17H28BrN3O2Si/c1-20(2)6-7-23-17-11-15-16(10-14(17)18)21(12-19-15)13-22-8-9-24(3,4)5/h10-12H,6-9,13H2,1-5H3. The zero-order valence-electron chi connectivity index (χ0n) is 15.3. The molecule has 2 aromatic rings. The summed E-state index contributed by atoms with van der Waals surface area (Å²) in [7, 11) is 3.02. The van der Waals surface area contributed by atoms with Crippen molar-refractivity contribution in [2.75, 3.05) is 33.9 Å². The van der Waals surface area contributed by atoms with Gasteiger partial charge in [0.1, 0.15) is 19.1 Å². The fourth-order valence-electron chi connectivity index (χ4n) is 2.15.